The van der Waals surface area contributed by atoms with Crippen LogP contribution in [-0.2, 0) is 28.9 Å². The third-order valence-corrected chi connectivity index (χ3v) is 12.4. The lowest BCUT2D eigenvalue weighted by molar-refractivity contribution is -0.118. The minimum Gasteiger partial charge on any atom is -0.492 e. The van der Waals surface area contributed by atoms with E-state index in [1.807, 2.05) is 46.2 Å². The highest BCUT2D eigenvalue weighted by molar-refractivity contribution is 6.01. The maximum Gasteiger partial charge on any atom is 0.233 e. The molecule has 1 atom stereocenters. The third kappa shape index (κ3) is 9.65. The fraction of sp³-hybridized carbons (Fsp3) is 0.522. The predicted octanol–water partition coefficient (Wildman–Crippen LogP) is 7.08. The standard InChI is InChI=1S/C46H60N10O4/c1-4-36(5-2)55-41(57)27-33-31-48-46(52-43(33)55)50-40-29-39(60-26-24-54-21-9-10-22-54)16-12-32(40)11-15-37(6-3)56-42(58)28-34-30-47-45(51-44(34)56)49-35-13-17-38(18-14-35)59-25-23-53-19-7-8-20-53/h12-14,16-18,29-31,36-37H,4-11,15,19-28H2,1-3H3,(H,47,49,51)(H,48,50,52). The fourth-order valence-corrected chi connectivity index (χ4v) is 9.02. The predicted molar refractivity (Wildman–Crippen MR) is 235 cm³/mol. The lowest BCUT2D eigenvalue weighted by Gasteiger charge is -2.27. The summed E-state index contributed by atoms with van der Waals surface area (Å²) in [6.45, 7) is 14.0. The van der Waals surface area contributed by atoms with Crippen molar-refractivity contribution in [3.05, 3.63) is 71.5 Å². The summed E-state index contributed by atoms with van der Waals surface area (Å²) in [4.78, 5) is 54.4. The zero-order chi connectivity index (χ0) is 41.4. The number of fused-ring (bicyclic) bond motifs is 2. The molecule has 60 heavy (non-hydrogen) atoms. The van der Waals surface area contributed by atoms with Crippen molar-refractivity contribution in [3.8, 4) is 11.5 Å². The van der Waals surface area contributed by atoms with E-state index in [-0.39, 0.29) is 30.3 Å². The molecule has 4 aliphatic rings. The van der Waals surface area contributed by atoms with Crippen molar-refractivity contribution in [2.45, 2.75) is 103 Å². The molecule has 14 nitrogen and oxygen atoms in total. The molecule has 2 fully saturated rings. The van der Waals surface area contributed by atoms with Gasteiger partial charge in [-0.3, -0.25) is 29.2 Å². The molecule has 318 valence electrons. The normalized spacial score (nSPS) is 17.1. The molecule has 6 heterocycles. The van der Waals surface area contributed by atoms with Crippen LogP contribution in [0.5, 0.6) is 11.5 Å². The second-order valence-corrected chi connectivity index (χ2v) is 16.4. The molecule has 0 spiro atoms. The first-order chi connectivity index (χ1) is 29.4. The van der Waals surface area contributed by atoms with Gasteiger partial charge in [0.15, 0.2) is 0 Å². The molecule has 8 rings (SSSR count). The van der Waals surface area contributed by atoms with Crippen LogP contribution in [-0.4, -0.2) is 106 Å². The number of likely N-dealkylation sites (tertiary alicyclic amines) is 2. The minimum atomic E-state index is -0.0847. The van der Waals surface area contributed by atoms with E-state index < -0.39 is 0 Å². The van der Waals surface area contributed by atoms with E-state index in [4.69, 9.17) is 19.4 Å². The number of hydrogen-bond acceptors (Lipinski definition) is 12. The summed E-state index contributed by atoms with van der Waals surface area (Å²) in [5.41, 5.74) is 4.42. The van der Waals surface area contributed by atoms with Crippen LogP contribution in [0.4, 0.5) is 34.9 Å². The number of nitrogens with one attached hydrogen (secondary N) is 2. The van der Waals surface area contributed by atoms with Crippen LogP contribution in [0, 0.1) is 0 Å². The summed E-state index contributed by atoms with van der Waals surface area (Å²) >= 11 is 0. The molecule has 0 saturated carbocycles. The van der Waals surface area contributed by atoms with E-state index in [9.17, 15) is 9.59 Å². The molecule has 2 amide bonds. The van der Waals surface area contributed by atoms with Crippen molar-refractivity contribution in [3.63, 3.8) is 0 Å². The van der Waals surface area contributed by atoms with Crippen molar-refractivity contribution in [1.82, 2.24) is 29.7 Å². The number of hydrogen-bond donors (Lipinski definition) is 2. The van der Waals surface area contributed by atoms with Crippen LogP contribution in [0.2, 0.25) is 0 Å². The lowest BCUT2D eigenvalue weighted by Crippen LogP contribution is -2.38. The molecule has 0 aliphatic carbocycles. The van der Waals surface area contributed by atoms with E-state index in [0.29, 0.717) is 56.0 Å². The van der Waals surface area contributed by atoms with Crippen LogP contribution in [0.1, 0.15) is 88.8 Å². The van der Waals surface area contributed by atoms with Crippen molar-refractivity contribution in [2.75, 3.05) is 72.9 Å². The number of aryl methyl sites for hydroxylation is 1. The molecule has 0 bridgehead atoms. The maximum absolute atomic E-state index is 13.6. The average molecular weight is 817 g/mol. The summed E-state index contributed by atoms with van der Waals surface area (Å²) in [6.07, 6.45) is 13.0. The molecular weight excluding hydrogens is 757 g/mol. The van der Waals surface area contributed by atoms with Gasteiger partial charge in [0.2, 0.25) is 23.7 Å². The zero-order valence-corrected chi connectivity index (χ0v) is 35.5. The maximum atomic E-state index is 13.6. The molecule has 1 unspecified atom stereocenters. The van der Waals surface area contributed by atoms with Crippen molar-refractivity contribution in [2.24, 2.45) is 0 Å². The number of benzene rings is 2. The largest absolute Gasteiger partial charge is 0.492 e. The summed E-state index contributed by atoms with van der Waals surface area (Å²) in [5.74, 6) is 3.92. The number of ether oxygens (including phenoxy) is 2. The van der Waals surface area contributed by atoms with Crippen LogP contribution < -0.4 is 29.9 Å². The van der Waals surface area contributed by atoms with Gasteiger partial charge >= 0.3 is 0 Å². The topological polar surface area (TPSA) is 141 Å². The SMILES string of the molecule is CCC(CCc1ccc(OCCN2CCCC2)cc1Nc1ncc2c(n1)N(C(CC)CC)C(=O)C2)N1C(=O)Cc2cnc(Nc3ccc(OCCN4CCCC4)cc3)nc21. The number of carbonyl (C=O) groups is 2. The molecule has 14 heteroatoms. The number of anilines is 6. The number of aromatic nitrogens is 4. The van der Waals surface area contributed by atoms with E-state index >= 15 is 0 Å². The van der Waals surface area contributed by atoms with Crippen LogP contribution >= 0.6 is 0 Å². The van der Waals surface area contributed by atoms with E-state index in [2.05, 4.69) is 57.2 Å². The smallest absolute Gasteiger partial charge is 0.233 e. The fourth-order valence-electron chi connectivity index (χ4n) is 9.02. The lowest BCUT2D eigenvalue weighted by atomic mass is 10.0. The number of rotatable bonds is 20. The Morgan fingerprint density at radius 1 is 0.650 bits per heavy atom. The van der Waals surface area contributed by atoms with Gasteiger partial charge in [-0.05, 0) is 120 Å². The highest BCUT2D eigenvalue weighted by atomic mass is 16.5. The average Bonchev–Trinajstić information content (AvgIpc) is 4.09. The first kappa shape index (κ1) is 41.4. The molecular formula is C46H60N10O4. The molecule has 4 aromatic rings. The molecule has 2 aromatic carbocycles. The Balaban J connectivity index is 0.964. The highest BCUT2D eigenvalue weighted by Crippen LogP contribution is 2.35. The zero-order valence-electron chi connectivity index (χ0n) is 35.5. The van der Waals surface area contributed by atoms with Crippen LogP contribution in [0.25, 0.3) is 0 Å². The van der Waals surface area contributed by atoms with Gasteiger partial charge in [0.1, 0.15) is 36.3 Å². The Kier molecular flexibility index (Phi) is 13.4. The van der Waals surface area contributed by atoms with Gasteiger partial charge in [0.05, 0.1) is 12.8 Å². The first-order valence-electron chi connectivity index (χ1n) is 22.2. The number of nitrogens with zero attached hydrogens (tertiary/aromatic N) is 8. The van der Waals surface area contributed by atoms with Gasteiger partial charge in [-0.15, -0.1) is 0 Å². The molecule has 2 aromatic heterocycles. The van der Waals surface area contributed by atoms with Gasteiger partial charge in [-0.25, -0.2) is 9.97 Å². The highest BCUT2D eigenvalue weighted by Gasteiger charge is 2.35. The second kappa shape index (κ2) is 19.4. The Hall–Kier alpha value is -5.34. The van der Waals surface area contributed by atoms with Gasteiger partial charge < -0.3 is 20.1 Å². The monoisotopic (exact) mass is 816 g/mol. The van der Waals surface area contributed by atoms with Crippen LogP contribution in [0.3, 0.4) is 0 Å². The van der Waals surface area contributed by atoms with E-state index in [0.717, 1.165) is 98.1 Å². The third-order valence-electron chi connectivity index (χ3n) is 12.4. The van der Waals surface area contributed by atoms with Gasteiger partial charge in [0, 0.05) is 66.1 Å². The summed E-state index contributed by atoms with van der Waals surface area (Å²) in [7, 11) is 0. The van der Waals surface area contributed by atoms with Gasteiger partial charge in [0.25, 0.3) is 0 Å². The van der Waals surface area contributed by atoms with Crippen LogP contribution in [0.15, 0.2) is 54.9 Å². The van der Waals surface area contributed by atoms with Crippen molar-refractivity contribution < 1.29 is 19.1 Å². The Morgan fingerprint density at radius 2 is 1.17 bits per heavy atom. The van der Waals surface area contributed by atoms with E-state index in [1.165, 1.54) is 25.7 Å². The quantitative estimate of drug-likeness (QED) is 0.0942. The van der Waals surface area contributed by atoms with Gasteiger partial charge in [-0.1, -0.05) is 26.8 Å². The Labute approximate surface area is 354 Å². The summed E-state index contributed by atoms with van der Waals surface area (Å²) in [5, 5.41) is 6.84. The number of carbonyl (C=O) groups excluding carboxylic acids is 2. The van der Waals surface area contributed by atoms with Gasteiger partial charge in [-0.2, -0.15) is 9.97 Å². The molecule has 2 saturated heterocycles. The molecule has 0 radical (unpaired) electrons. The van der Waals surface area contributed by atoms with E-state index in [1.54, 1.807) is 12.4 Å². The summed E-state index contributed by atoms with van der Waals surface area (Å²) < 4.78 is 12.3. The molecule has 4 aliphatic heterocycles. The number of amides is 2. The van der Waals surface area contributed by atoms with Crippen molar-refractivity contribution >= 4 is 46.7 Å². The van der Waals surface area contributed by atoms with Crippen molar-refractivity contribution in [1.29, 1.82) is 0 Å². The Morgan fingerprint density at radius 3 is 1.73 bits per heavy atom. The Bertz CT molecular complexity index is 2100. The minimum absolute atomic E-state index is 0.0296. The first-order valence-corrected chi connectivity index (χ1v) is 22.2. The summed E-state index contributed by atoms with van der Waals surface area (Å²) in [6, 6.07) is 14.0. The molecule has 2 N–H and O–H groups in total. The second-order valence-electron chi connectivity index (χ2n) is 16.4.